The van der Waals surface area contributed by atoms with Crippen LogP contribution in [0.1, 0.15) is 16.4 Å². The van der Waals surface area contributed by atoms with Crippen molar-refractivity contribution in [1.82, 2.24) is 20.3 Å². The minimum atomic E-state index is -0.187. The monoisotopic (exact) mass is 288 g/mol. The van der Waals surface area contributed by atoms with Crippen LogP contribution in [0, 0.1) is 0 Å². The number of amides is 1. The van der Waals surface area contributed by atoms with Crippen LogP contribution in [0.4, 0.5) is 0 Å². The van der Waals surface area contributed by atoms with E-state index in [0.29, 0.717) is 24.5 Å². The topological polar surface area (TPSA) is 78.3 Å². The van der Waals surface area contributed by atoms with Gasteiger partial charge in [-0.05, 0) is 12.1 Å². The van der Waals surface area contributed by atoms with E-state index in [1.807, 2.05) is 6.07 Å². The number of para-hydroxylation sites is 1. The van der Waals surface area contributed by atoms with Crippen LogP contribution < -0.4 is 10.1 Å². The fourth-order valence-electron chi connectivity index (χ4n) is 2.41. The lowest BCUT2D eigenvalue weighted by atomic mass is 10.1. The van der Waals surface area contributed by atoms with Crippen molar-refractivity contribution < 1.29 is 14.3 Å². The molecule has 0 unspecified atom stereocenters. The van der Waals surface area contributed by atoms with Crippen LogP contribution in [-0.2, 0) is 4.74 Å². The normalized spacial score (nSPS) is 21.2. The standard InChI is InChI=1S/C14H16N4O3/c1-20-13-5-3-2-4-10(13)14(19)16-11-8-21-9-12(11)18-7-6-15-17-18/h2-7,11-12H,8-9H2,1H3,(H,16,19)/t11-,12+/m0/s1. The molecule has 0 bridgehead atoms. The molecule has 0 saturated carbocycles. The minimum absolute atomic E-state index is 0.0499. The van der Waals surface area contributed by atoms with E-state index in [1.165, 1.54) is 0 Å². The zero-order valence-electron chi connectivity index (χ0n) is 11.6. The largest absolute Gasteiger partial charge is 0.496 e. The van der Waals surface area contributed by atoms with Crippen LogP contribution >= 0.6 is 0 Å². The Morgan fingerprint density at radius 1 is 1.43 bits per heavy atom. The van der Waals surface area contributed by atoms with Gasteiger partial charge in [-0.15, -0.1) is 5.10 Å². The van der Waals surface area contributed by atoms with Crippen LogP contribution in [0.3, 0.4) is 0 Å². The highest BCUT2D eigenvalue weighted by atomic mass is 16.5. The summed E-state index contributed by atoms with van der Waals surface area (Å²) in [4.78, 5) is 12.4. The Morgan fingerprint density at radius 3 is 3.05 bits per heavy atom. The Labute approximate surface area is 121 Å². The second-order valence-electron chi connectivity index (χ2n) is 4.77. The molecule has 0 spiro atoms. The van der Waals surface area contributed by atoms with Gasteiger partial charge in [0.25, 0.3) is 5.91 Å². The fourth-order valence-corrected chi connectivity index (χ4v) is 2.41. The van der Waals surface area contributed by atoms with E-state index < -0.39 is 0 Å². The molecule has 1 amide bonds. The van der Waals surface area contributed by atoms with Crippen molar-refractivity contribution >= 4 is 5.91 Å². The molecule has 7 nitrogen and oxygen atoms in total. The molecule has 2 heterocycles. The highest BCUT2D eigenvalue weighted by Gasteiger charge is 2.32. The molecule has 1 saturated heterocycles. The SMILES string of the molecule is COc1ccccc1C(=O)N[C@H]1COC[C@H]1n1ccnn1. The van der Waals surface area contributed by atoms with E-state index in [1.54, 1.807) is 42.4 Å². The Hall–Kier alpha value is -2.41. The zero-order chi connectivity index (χ0) is 14.7. The van der Waals surface area contributed by atoms with Crippen molar-refractivity contribution in [2.45, 2.75) is 12.1 Å². The summed E-state index contributed by atoms with van der Waals surface area (Å²) in [5, 5.41) is 10.7. The number of ether oxygens (including phenoxy) is 2. The number of aromatic nitrogens is 3. The molecular formula is C14H16N4O3. The molecule has 7 heteroatoms. The van der Waals surface area contributed by atoms with Crippen molar-refractivity contribution in [3.05, 3.63) is 42.2 Å². The molecular weight excluding hydrogens is 272 g/mol. The first-order valence-electron chi connectivity index (χ1n) is 6.67. The number of rotatable bonds is 4. The molecule has 1 aliphatic heterocycles. The quantitative estimate of drug-likeness (QED) is 0.894. The third-order valence-electron chi connectivity index (χ3n) is 3.50. The summed E-state index contributed by atoms with van der Waals surface area (Å²) in [6.45, 7) is 0.950. The summed E-state index contributed by atoms with van der Waals surface area (Å²) in [5.74, 6) is 0.360. The lowest BCUT2D eigenvalue weighted by Crippen LogP contribution is -2.41. The number of methoxy groups -OCH3 is 1. The first kappa shape index (κ1) is 13.6. The van der Waals surface area contributed by atoms with Gasteiger partial charge in [-0.3, -0.25) is 4.79 Å². The van der Waals surface area contributed by atoms with Gasteiger partial charge in [0.2, 0.25) is 0 Å². The van der Waals surface area contributed by atoms with Crippen molar-refractivity contribution in [2.24, 2.45) is 0 Å². The number of hydrogen-bond donors (Lipinski definition) is 1. The van der Waals surface area contributed by atoms with E-state index in [2.05, 4.69) is 15.6 Å². The van der Waals surface area contributed by atoms with E-state index >= 15 is 0 Å². The first-order chi connectivity index (χ1) is 10.3. The van der Waals surface area contributed by atoms with Crippen LogP contribution in [0.2, 0.25) is 0 Å². The lowest BCUT2D eigenvalue weighted by Gasteiger charge is -2.19. The summed E-state index contributed by atoms with van der Waals surface area (Å²) in [7, 11) is 1.54. The Morgan fingerprint density at radius 2 is 2.29 bits per heavy atom. The molecule has 1 N–H and O–H groups in total. The van der Waals surface area contributed by atoms with Gasteiger partial charge in [0, 0.05) is 6.20 Å². The molecule has 1 aliphatic rings. The van der Waals surface area contributed by atoms with Gasteiger partial charge in [0.15, 0.2) is 0 Å². The number of carbonyl (C=O) groups is 1. The Balaban J connectivity index is 1.75. The van der Waals surface area contributed by atoms with Gasteiger partial charge >= 0.3 is 0 Å². The van der Waals surface area contributed by atoms with Crippen molar-refractivity contribution in [3.8, 4) is 5.75 Å². The van der Waals surface area contributed by atoms with Gasteiger partial charge in [0.05, 0.1) is 44.2 Å². The predicted octanol–water partition coefficient (Wildman–Crippen LogP) is 0.657. The average Bonchev–Trinajstić information content (AvgIpc) is 3.17. The highest BCUT2D eigenvalue weighted by molar-refractivity contribution is 5.97. The Bertz CT molecular complexity index is 614. The molecule has 110 valence electrons. The summed E-state index contributed by atoms with van der Waals surface area (Å²) in [6, 6.07) is 6.92. The smallest absolute Gasteiger partial charge is 0.255 e. The highest BCUT2D eigenvalue weighted by Crippen LogP contribution is 2.21. The predicted molar refractivity (Wildman–Crippen MR) is 74.1 cm³/mol. The zero-order valence-corrected chi connectivity index (χ0v) is 11.6. The average molecular weight is 288 g/mol. The third kappa shape index (κ3) is 2.73. The summed E-state index contributed by atoms with van der Waals surface area (Å²) in [5.41, 5.74) is 0.504. The molecule has 2 atom stereocenters. The maximum Gasteiger partial charge on any atom is 0.255 e. The maximum atomic E-state index is 12.4. The molecule has 0 radical (unpaired) electrons. The van der Waals surface area contributed by atoms with Crippen LogP contribution in [0.15, 0.2) is 36.7 Å². The van der Waals surface area contributed by atoms with Gasteiger partial charge in [0.1, 0.15) is 5.75 Å². The number of nitrogens with zero attached hydrogens (tertiary/aromatic N) is 3. The second kappa shape index (κ2) is 5.92. The van der Waals surface area contributed by atoms with Gasteiger partial charge < -0.3 is 14.8 Å². The summed E-state index contributed by atoms with van der Waals surface area (Å²) >= 11 is 0. The van der Waals surface area contributed by atoms with Crippen molar-refractivity contribution in [1.29, 1.82) is 0 Å². The van der Waals surface area contributed by atoms with Crippen molar-refractivity contribution in [2.75, 3.05) is 20.3 Å². The third-order valence-corrected chi connectivity index (χ3v) is 3.50. The molecule has 1 aromatic heterocycles. The molecule has 2 aromatic rings. The molecule has 0 aliphatic carbocycles. The lowest BCUT2D eigenvalue weighted by molar-refractivity contribution is 0.0922. The van der Waals surface area contributed by atoms with E-state index in [4.69, 9.17) is 9.47 Å². The molecule has 1 aromatic carbocycles. The van der Waals surface area contributed by atoms with Gasteiger partial charge in [-0.2, -0.15) is 0 Å². The second-order valence-corrected chi connectivity index (χ2v) is 4.77. The van der Waals surface area contributed by atoms with Crippen molar-refractivity contribution in [3.63, 3.8) is 0 Å². The molecule has 1 fully saturated rings. The molecule has 3 rings (SSSR count). The number of carbonyl (C=O) groups excluding carboxylic acids is 1. The first-order valence-corrected chi connectivity index (χ1v) is 6.67. The summed E-state index contributed by atoms with van der Waals surface area (Å²) in [6.07, 6.45) is 3.37. The number of benzene rings is 1. The van der Waals surface area contributed by atoms with Gasteiger partial charge in [-0.1, -0.05) is 17.3 Å². The number of hydrogen-bond acceptors (Lipinski definition) is 5. The fraction of sp³-hybridized carbons (Fsp3) is 0.357. The molecule has 21 heavy (non-hydrogen) atoms. The van der Waals surface area contributed by atoms with E-state index in [-0.39, 0.29) is 18.0 Å². The van der Waals surface area contributed by atoms with Crippen LogP contribution in [0.25, 0.3) is 0 Å². The van der Waals surface area contributed by atoms with Crippen LogP contribution in [-0.4, -0.2) is 47.3 Å². The minimum Gasteiger partial charge on any atom is -0.496 e. The number of nitrogens with one attached hydrogen (secondary N) is 1. The Kier molecular flexibility index (Phi) is 3.83. The summed E-state index contributed by atoms with van der Waals surface area (Å²) < 4.78 is 12.4. The van der Waals surface area contributed by atoms with E-state index in [9.17, 15) is 4.79 Å². The maximum absolute atomic E-state index is 12.4. The van der Waals surface area contributed by atoms with E-state index in [0.717, 1.165) is 0 Å². The van der Waals surface area contributed by atoms with Gasteiger partial charge in [-0.25, -0.2) is 4.68 Å². The van der Waals surface area contributed by atoms with Crippen LogP contribution in [0.5, 0.6) is 5.75 Å².